The Hall–Kier alpha value is -0.610. The van der Waals surface area contributed by atoms with Crippen molar-refractivity contribution in [2.75, 3.05) is 19.6 Å². The number of nitrogens with zero attached hydrogens (tertiary/aromatic N) is 1. The van der Waals surface area contributed by atoms with Gasteiger partial charge in [-0.15, -0.1) is 0 Å². The Labute approximate surface area is 111 Å². The average Bonchev–Trinajstić information content (AvgIpc) is 2.29. The van der Waals surface area contributed by atoms with Gasteiger partial charge in [0.15, 0.2) is 0 Å². The smallest absolute Gasteiger partial charge is 0.323 e. The van der Waals surface area contributed by atoms with Gasteiger partial charge in [-0.2, -0.15) is 0 Å². The van der Waals surface area contributed by atoms with E-state index >= 15 is 0 Å². The molecule has 0 spiro atoms. The van der Waals surface area contributed by atoms with Crippen molar-refractivity contribution >= 4 is 5.97 Å². The van der Waals surface area contributed by atoms with Crippen LogP contribution < -0.4 is 5.32 Å². The first-order valence-electron chi connectivity index (χ1n) is 7.04. The predicted molar refractivity (Wildman–Crippen MR) is 73.6 cm³/mol. The fraction of sp³-hybridized carbons (Fsp3) is 0.929. The zero-order chi connectivity index (χ0) is 13.8. The van der Waals surface area contributed by atoms with Crippen molar-refractivity contribution in [3.05, 3.63) is 0 Å². The van der Waals surface area contributed by atoms with Gasteiger partial charge in [0.25, 0.3) is 0 Å². The molecule has 0 radical (unpaired) electrons. The minimum atomic E-state index is -0.404. The van der Waals surface area contributed by atoms with Crippen molar-refractivity contribution in [1.82, 2.24) is 10.2 Å². The van der Waals surface area contributed by atoms with Crippen molar-refractivity contribution in [2.45, 2.75) is 65.1 Å². The molecule has 4 heteroatoms. The second-order valence-corrected chi connectivity index (χ2v) is 6.02. The lowest BCUT2D eigenvalue weighted by atomic mass is 10.0. The summed E-state index contributed by atoms with van der Waals surface area (Å²) >= 11 is 0. The molecule has 1 rings (SSSR count). The molecule has 4 nitrogen and oxygen atoms in total. The first kappa shape index (κ1) is 15.4. The molecule has 18 heavy (non-hydrogen) atoms. The highest BCUT2D eigenvalue weighted by molar-refractivity contribution is 5.75. The van der Waals surface area contributed by atoms with Gasteiger partial charge >= 0.3 is 5.97 Å². The summed E-state index contributed by atoms with van der Waals surface area (Å²) in [6.45, 7) is 12.8. The minimum Gasteiger partial charge on any atom is -0.459 e. The molecule has 1 heterocycles. The maximum Gasteiger partial charge on any atom is 0.323 e. The largest absolute Gasteiger partial charge is 0.459 e. The van der Waals surface area contributed by atoms with Gasteiger partial charge in [0, 0.05) is 6.04 Å². The van der Waals surface area contributed by atoms with E-state index < -0.39 is 5.60 Å². The summed E-state index contributed by atoms with van der Waals surface area (Å²) < 4.78 is 5.48. The fourth-order valence-electron chi connectivity index (χ4n) is 2.51. The molecule has 1 aliphatic rings. The van der Waals surface area contributed by atoms with Crippen LogP contribution in [0.1, 0.15) is 47.5 Å². The van der Waals surface area contributed by atoms with Gasteiger partial charge in [0.1, 0.15) is 11.6 Å². The number of carbonyl (C=O) groups excluding carboxylic acids is 1. The van der Waals surface area contributed by atoms with E-state index in [1.807, 2.05) is 27.7 Å². The second-order valence-electron chi connectivity index (χ2n) is 6.02. The maximum atomic E-state index is 12.1. The van der Waals surface area contributed by atoms with E-state index in [9.17, 15) is 4.79 Å². The molecule has 1 N–H and O–H groups in total. The fourth-order valence-corrected chi connectivity index (χ4v) is 2.51. The number of carbonyl (C=O) groups is 1. The van der Waals surface area contributed by atoms with Crippen molar-refractivity contribution in [1.29, 1.82) is 0 Å². The quantitative estimate of drug-likeness (QED) is 0.779. The van der Waals surface area contributed by atoms with E-state index in [-0.39, 0.29) is 12.0 Å². The number of esters is 1. The molecule has 0 aromatic heterocycles. The molecular weight excluding hydrogens is 228 g/mol. The van der Waals surface area contributed by atoms with Crippen LogP contribution in [0.5, 0.6) is 0 Å². The Kier molecular flexibility index (Phi) is 5.60. The van der Waals surface area contributed by atoms with Crippen LogP contribution in [0.4, 0.5) is 0 Å². The van der Waals surface area contributed by atoms with Crippen LogP contribution in [0.25, 0.3) is 0 Å². The Bertz CT molecular complexity index is 267. The van der Waals surface area contributed by atoms with Crippen LogP contribution in [0.3, 0.4) is 0 Å². The Balaban J connectivity index is 2.60. The summed E-state index contributed by atoms with van der Waals surface area (Å²) in [5.74, 6) is -0.108. The van der Waals surface area contributed by atoms with Crippen LogP contribution >= 0.6 is 0 Å². The van der Waals surface area contributed by atoms with Crippen LogP contribution in [-0.2, 0) is 9.53 Å². The molecule has 0 aromatic rings. The third-order valence-corrected chi connectivity index (χ3v) is 3.39. The predicted octanol–water partition coefficient (Wildman–Crippen LogP) is 1.79. The average molecular weight is 256 g/mol. The van der Waals surface area contributed by atoms with E-state index in [1.165, 1.54) is 0 Å². The Morgan fingerprint density at radius 3 is 2.39 bits per heavy atom. The number of ether oxygens (including phenoxy) is 1. The molecule has 1 fully saturated rings. The zero-order valence-corrected chi connectivity index (χ0v) is 12.5. The molecule has 0 amide bonds. The maximum absolute atomic E-state index is 12.1. The zero-order valence-electron chi connectivity index (χ0n) is 12.5. The second kappa shape index (κ2) is 6.53. The lowest BCUT2D eigenvalue weighted by molar-refractivity contribution is -0.161. The van der Waals surface area contributed by atoms with Gasteiger partial charge in [-0.25, -0.2) is 0 Å². The highest BCUT2D eigenvalue weighted by Gasteiger charge is 2.30. The first-order valence-corrected chi connectivity index (χ1v) is 7.04. The molecule has 1 saturated heterocycles. The van der Waals surface area contributed by atoms with Crippen molar-refractivity contribution < 1.29 is 9.53 Å². The van der Waals surface area contributed by atoms with E-state index in [1.54, 1.807) is 0 Å². The molecule has 1 atom stereocenters. The van der Waals surface area contributed by atoms with Gasteiger partial charge in [-0.1, -0.05) is 6.92 Å². The van der Waals surface area contributed by atoms with Gasteiger partial charge in [0.05, 0.1) is 0 Å². The standard InChI is InChI=1S/C14H28N2O2/c1-6-16(12-7-9-15-10-8-12)11(2)13(17)18-14(3,4)5/h11-12,15H,6-10H2,1-5H3. The Morgan fingerprint density at radius 2 is 1.94 bits per heavy atom. The van der Waals surface area contributed by atoms with E-state index in [2.05, 4.69) is 17.1 Å². The highest BCUT2D eigenvalue weighted by Crippen LogP contribution is 2.17. The molecule has 0 saturated carbocycles. The number of piperidine rings is 1. The highest BCUT2D eigenvalue weighted by atomic mass is 16.6. The van der Waals surface area contributed by atoms with Crippen molar-refractivity contribution in [2.24, 2.45) is 0 Å². The SMILES string of the molecule is CCN(C1CCNCC1)C(C)C(=O)OC(C)(C)C. The third kappa shape index (κ3) is 4.58. The summed E-state index contributed by atoms with van der Waals surface area (Å²) in [6.07, 6.45) is 2.22. The van der Waals surface area contributed by atoms with Gasteiger partial charge in [-0.3, -0.25) is 9.69 Å². The molecule has 1 aliphatic heterocycles. The number of likely N-dealkylation sites (N-methyl/N-ethyl adjacent to an activating group) is 1. The first-order chi connectivity index (χ1) is 8.35. The van der Waals surface area contributed by atoms with E-state index in [0.29, 0.717) is 6.04 Å². The number of hydrogen-bond acceptors (Lipinski definition) is 4. The number of nitrogens with one attached hydrogen (secondary N) is 1. The van der Waals surface area contributed by atoms with Crippen molar-refractivity contribution in [3.63, 3.8) is 0 Å². The van der Waals surface area contributed by atoms with E-state index in [0.717, 1.165) is 32.5 Å². The summed E-state index contributed by atoms with van der Waals surface area (Å²) in [5, 5.41) is 3.36. The van der Waals surface area contributed by atoms with Crippen LogP contribution in [-0.4, -0.2) is 48.2 Å². The summed E-state index contributed by atoms with van der Waals surface area (Å²) in [5.41, 5.74) is -0.404. The van der Waals surface area contributed by atoms with Gasteiger partial charge < -0.3 is 10.1 Å². The molecule has 1 unspecified atom stereocenters. The topological polar surface area (TPSA) is 41.6 Å². The van der Waals surface area contributed by atoms with Crippen LogP contribution in [0.15, 0.2) is 0 Å². The van der Waals surface area contributed by atoms with E-state index in [4.69, 9.17) is 4.74 Å². The van der Waals surface area contributed by atoms with Crippen LogP contribution in [0.2, 0.25) is 0 Å². The summed E-state index contributed by atoms with van der Waals surface area (Å²) in [4.78, 5) is 14.4. The molecule has 0 aromatic carbocycles. The molecule has 106 valence electrons. The summed E-state index contributed by atoms with van der Waals surface area (Å²) in [7, 11) is 0. The third-order valence-electron chi connectivity index (χ3n) is 3.39. The number of rotatable bonds is 4. The van der Waals surface area contributed by atoms with Gasteiger partial charge in [0.2, 0.25) is 0 Å². The van der Waals surface area contributed by atoms with Crippen LogP contribution in [0, 0.1) is 0 Å². The van der Waals surface area contributed by atoms with Crippen molar-refractivity contribution in [3.8, 4) is 0 Å². The minimum absolute atomic E-state index is 0.108. The van der Waals surface area contributed by atoms with Gasteiger partial charge in [-0.05, 0) is 60.2 Å². The Morgan fingerprint density at radius 1 is 1.39 bits per heavy atom. The normalized spacial score (nSPS) is 19.9. The molecule has 0 bridgehead atoms. The lowest BCUT2D eigenvalue weighted by Gasteiger charge is -2.37. The molecule has 0 aliphatic carbocycles. The molecular formula is C14H28N2O2. The summed E-state index contributed by atoms with van der Waals surface area (Å²) in [6, 6.07) is 0.344. The lowest BCUT2D eigenvalue weighted by Crippen LogP contribution is -2.51. The monoisotopic (exact) mass is 256 g/mol. The number of hydrogen-bond donors (Lipinski definition) is 1.